The average Bonchev–Trinajstić information content (AvgIpc) is 2.81. The minimum atomic E-state index is -0.0257. The molecule has 1 aliphatic rings. The van der Waals surface area contributed by atoms with Crippen molar-refractivity contribution < 1.29 is 14.3 Å². The predicted octanol–water partition coefficient (Wildman–Crippen LogP) is 3.43. The summed E-state index contributed by atoms with van der Waals surface area (Å²) in [5.74, 6) is 1.34. The average molecular weight is 309 g/mol. The molecule has 20 heavy (non-hydrogen) atoms. The lowest BCUT2D eigenvalue weighted by Gasteiger charge is -2.09. The first-order chi connectivity index (χ1) is 9.67. The fraction of sp³-hybridized carbons (Fsp3) is 0.286. The zero-order chi connectivity index (χ0) is 14.5. The molecular formula is C14H15NO3S2. The van der Waals surface area contributed by atoms with Gasteiger partial charge < -0.3 is 9.47 Å². The molecule has 1 aromatic rings. The molecule has 1 heterocycles. The van der Waals surface area contributed by atoms with E-state index in [1.54, 1.807) is 13.2 Å². The first kappa shape index (κ1) is 15.0. The predicted molar refractivity (Wildman–Crippen MR) is 85.7 cm³/mol. The molecule has 1 aliphatic heterocycles. The van der Waals surface area contributed by atoms with Crippen LogP contribution in [0.3, 0.4) is 0 Å². The third kappa shape index (κ3) is 3.37. The Morgan fingerprint density at radius 3 is 2.80 bits per heavy atom. The van der Waals surface area contributed by atoms with Gasteiger partial charge in [-0.15, -0.1) is 11.8 Å². The molecule has 0 bridgehead atoms. The van der Waals surface area contributed by atoms with Crippen LogP contribution in [0.2, 0.25) is 0 Å². The summed E-state index contributed by atoms with van der Waals surface area (Å²) in [6.45, 7) is 2.50. The molecule has 0 saturated carbocycles. The van der Waals surface area contributed by atoms with E-state index in [1.165, 1.54) is 11.8 Å². The molecule has 0 atom stereocenters. The number of aliphatic imine (C=N–C) groups is 1. The van der Waals surface area contributed by atoms with Crippen molar-refractivity contribution in [1.29, 1.82) is 0 Å². The Bertz CT molecular complexity index is 582. The second kappa shape index (κ2) is 6.85. The SMILES string of the molecule is CCOc1ccc(/C=C2\N=C(SC)SC2=O)cc1OC. The summed E-state index contributed by atoms with van der Waals surface area (Å²) in [6, 6.07) is 5.55. The second-order valence-corrected chi connectivity index (χ2v) is 5.86. The number of benzene rings is 1. The van der Waals surface area contributed by atoms with Gasteiger partial charge in [-0.3, -0.25) is 4.79 Å². The summed E-state index contributed by atoms with van der Waals surface area (Å²) in [7, 11) is 1.59. The van der Waals surface area contributed by atoms with E-state index in [-0.39, 0.29) is 5.12 Å². The first-order valence-corrected chi connectivity index (χ1v) is 8.09. The van der Waals surface area contributed by atoms with Gasteiger partial charge in [0.1, 0.15) is 10.1 Å². The molecule has 0 fully saturated rings. The summed E-state index contributed by atoms with van der Waals surface area (Å²) in [6.07, 6.45) is 3.67. The number of carbonyl (C=O) groups excluding carboxylic acids is 1. The number of hydrogen-bond acceptors (Lipinski definition) is 6. The van der Waals surface area contributed by atoms with Crippen LogP contribution in [0.15, 0.2) is 28.9 Å². The van der Waals surface area contributed by atoms with Gasteiger partial charge in [-0.25, -0.2) is 4.99 Å². The number of methoxy groups -OCH3 is 1. The summed E-state index contributed by atoms with van der Waals surface area (Å²) in [5, 5.41) is -0.0257. The number of nitrogens with zero attached hydrogens (tertiary/aromatic N) is 1. The highest BCUT2D eigenvalue weighted by Gasteiger charge is 2.21. The van der Waals surface area contributed by atoms with Crippen molar-refractivity contribution in [2.75, 3.05) is 20.0 Å². The van der Waals surface area contributed by atoms with Crippen molar-refractivity contribution in [1.82, 2.24) is 0 Å². The van der Waals surface area contributed by atoms with Crippen LogP contribution in [0, 0.1) is 0 Å². The maximum Gasteiger partial charge on any atom is 0.244 e. The second-order valence-electron chi connectivity index (χ2n) is 3.84. The summed E-state index contributed by atoms with van der Waals surface area (Å²) in [5.41, 5.74) is 1.32. The molecule has 0 spiro atoms. The fourth-order valence-corrected chi connectivity index (χ4v) is 2.95. The molecule has 4 nitrogen and oxygen atoms in total. The molecule has 0 aromatic heterocycles. The molecule has 0 N–H and O–H groups in total. The Morgan fingerprint density at radius 1 is 1.40 bits per heavy atom. The zero-order valence-electron chi connectivity index (χ0n) is 11.5. The minimum absolute atomic E-state index is 0.0257. The smallest absolute Gasteiger partial charge is 0.244 e. The van der Waals surface area contributed by atoms with Crippen LogP contribution >= 0.6 is 23.5 Å². The van der Waals surface area contributed by atoms with Crippen molar-refractivity contribution in [2.45, 2.75) is 6.92 Å². The van der Waals surface area contributed by atoms with Crippen molar-refractivity contribution in [3.8, 4) is 11.5 Å². The first-order valence-electron chi connectivity index (χ1n) is 6.05. The largest absolute Gasteiger partial charge is 0.493 e. The van der Waals surface area contributed by atoms with Crippen LogP contribution < -0.4 is 9.47 Å². The third-order valence-electron chi connectivity index (χ3n) is 2.57. The maximum atomic E-state index is 11.8. The van der Waals surface area contributed by atoms with Gasteiger partial charge >= 0.3 is 0 Å². The number of ether oxygens (including phenoxy) is 2. The van der Waals surface area contributed by atoms with Gasteiger partial charge in [0.2, 0.25) is 5.12 Å². The van der Waals surface area contributed by atoms with Crippen LogP contribution in [0.5, 0.6) is 11.5 Å². The van der Waals surface area contributed by atoms with Gasteiger partial charge in [-0.1, -0.05) is 6.07 Å². The topological polar surface area (TPSA) is 47.9 Å². The lowest BCUT2D eigenvalue weighted by Crippen LogP contribution is -1.95. The van der Waals surface area contributed by atoms with E-state index < -0.39 is 0 Å². The van der Waals surface area contributed by atoms with E-state index in [4.69, 9.17) is 9.47 Å². The summed E-state index contributed by atoms with van der Waals surface area (Å²) >= 11 is 2.64. The Hall–Kier alpha value is -1.40. The molecule has 0 radical (unpaired) electrons. The van der Waals surface area contributed by atoms with Crippen molar-refractivity contribution in [3.05, 3.63) is 29.5 Å². The zero-order valence-corrected chi connectivity index (χ0v) is 13.1. The lowest BCUT2D eigenvalue weighted by atomic mass is 10.1. The standard InChI is InChI=1S/C14H15NO3S2/c1-4-18-11-6-5-9(8-12(11)17-2)7-10-13(16)20-14(15-10)19-3/h5-8H,4H2,1-3H3/b10-7-. The number of thioether (sulfide) groups is 2. The minimum Gasteiger partial charge on any atom is -0.493 e. The van der Waals surface area contributed by atoms with Crippen LogP contribution in [0.4, 0.5) is 0 Å². The van der Waals surface area contributed by atoms with Gasteiger partial charge in [0, 0.05) is 0 Å². The molecule has 0 saturated heterocycles. The summed E-state index contributed by atoms with van der Waals surface area (Å²) in [4.78, 5) is 16.1. The van der Waals surface area contributed by atoms with Gasteiger partial charge in [0.15, 0.2) is 11.5 Å². The van der Waals surface area contributed by atoms with E-state index in [0.29, 0.717) is 23.8 Å². The van der Waals surface area contributed by atoms with E-state index in [2.05, 4.69) is 4.99 Å². The Morgan fingerprint density at radius 2 is 2.20 bits per heavy atom. The normalized spacial score (nSPS) is 16.4. The highest BCUT2D eigenvalue weighted by molar-refractivity contribution is 8.45. The molecule has 0 amide bonds. The molecular weight excluding hydrogens is 294 g/mol. The van der Waals surface area contributed by atoms with E-state index >= 15 is 0 Å². The van der Waals surface area contributed by atoms with Crippen molar-refractivity contribution in [2.24, 2.45) is 4.99 Å². The Kier molecular flexibility index (Phi) is 5.14. The van der Waals surface area contributed by atoms with Crippen LogP contribution in [-0.2, 0) is 4.79 Å². The van der Waals surface area contributed by atoms with Crippen LogP contribution in [-0.4, -0.2) is 29.5 Å². The lowest BCUT2D eigenvalue weighted by molar-refractivity contribution is -0.107. The molecule has 2 rings (SSSR count). The molecule has 1 aromatic carbocycles. The fourth-order valence-electron chi connectivity index (χ4n) is 1.68. The molecule has 0 aliphatic carbocycles. The number of hydrogen-bond donors (Lipinski definition) is 0. The Labute approximate surface area is 126 Å². The van der Waals surface area contributed by atoms with Gasteiger partial charge in [0.25, 0.3) is 0 Å². The van der Waals surface area contributed by atoms with Crippen LogP contribution in [0.1, 0.15) is 12.5 Å². The highest BCUT2D eigenvalue weighted by atomic mass is 32.2. The van der Waals surface area contributed by atoms with E-state index in [1.807, 2.05) is 31.4 Å². The van der Waals surface area contributed by atoms with Gasteiger partial charge in [0.05, 0.1) is 13.7 Å². The quantitative estimate of drug-likeness (QED) is 0.798. The van der Waals surface area contributed by atoms with Crippen LogP contribution in [0.25, 0.3) is 6.08 Å². The van der Waals surface area contributed by atoms with E-state index in [0.717, 1.165) is 21.7 Å². The highest BCUT2D eigenvalue weighted by Crippen LogP contribution is 2.32. The van der Waals surface area contributed by atoms with Crippen molar-refractivity contribution >= 4 is 39.1 Å². The maximum absolute atomic E-state index is 11.8. The van der Waals surface area contributed by atoms with Gasteiger partial charge in [-0.2, -0.15) is 0 Å². The van der Waals surface area contributed by atoms with Crippen molar-refractivity contribution in [3.63, 3.8) is 0 Å². The monoisotopic (exact) mass is 309 g/mol. The number of rotatable bonds is 4. The molecule has 106 valence electrons. The Balaban J connectivity index is 2.30. The summed E-state index contributed by atoms with van der Waals surface area (Å²) < 4.78 is 11.5. The molecule has 6 heteroatoms. The van der Waals surface area contributed by atoms with Gasteiger partial charge in [-0.05, 0) is 48.7 Å². The van der Waals surface area contributed by atoms with E-state index in [9.17, 15) is 4.79 Å². The number of carbonyl (C=O) groups is 1. The third-order valence-corrected chi connectivity index (χ3v) is 4.42. The molecule has 0 unspecified atom stereocenters.